The van der Waals surface area contributed by atoms with Crippen LogP contribution in [-0.4, -0.2) is 71.9 Å². The highest BCUT2D eigenvalue weighted by Crippen LogP contribution is 2.21. The van der Waals surface area contributed by atoms with Crippen molar-refractivity contribution in [2.45, 2.75) is 77.5 Å². The Balaban J connectivity index is 2.51. The Kier molecular flexibility index (Phi) is 7.62. The third kappa shape index (κ3) is 5.85. The molecule has 1 heterocycles. The normalized spacial score (nSPS) is 24.7. The summed E-state index contributed by atoms with van der Waals surface area (Å²) in [4.78, 5) is 5.06. The lowest BCUT2D eigenvalue weighted by Crippen LogP contribution is -2.53. The van der Waals surface area contributed by atoms with Gasteiger partial charge in [-0.3, -0.25) is 4.90 Å². The molecule has 2 N–H and O–H groups in total. The molecule has 1 fully saturated rings. The maximum Gasteiger partial charge on any atom is 0.0611 e. The van der Waals surface area contributed by atoms with Crippen LogP contribution < -0.4 is 5.32 Å². The Bertz CT molecular complexity index is 298. The number of nitrogens with zero attached hydrogens (tertiary/aromatic N) is 2. The summed E-state index contributed by atoms with van der Waals surface area (Å²) in [5.41, 5.74) is -0.192. The summed E-state index contributed by atoms with van der Waals surface area (Å²) >= 11 is 0. The fourth-order valence-corrected chi connectivity index (χ4v) is 3.70. The van der Waals surface area contributed by atoms with Crippen molar-refractivity contribution in [2.24, 2.45) is 0 Å². The summed E-state index contributed by atoms with van der Waals surface area (Å²) in [7, 11) is 2.23. The first kappa shape index (κ1) is 18.9. The Morgan fingerprint density at radius 3 is 2.57 bits per heavy atom. The number of likely N-dealkylation sites (N-methyl/N-ethyl adjacent to an activating group) is 2. The van der Waals surface area contributed by atoms with Gasteiger partial charge in [0.25, 0.3) is 0 Å². The van der Waals surface area contributed by atoms with Gasteiger partial charge in [0.2, 0.25) is 0 Å². The maximum absolute atomic E-state index is 9.74. The van der Waals surface area contributed by atoms with Crippen LogP contribution in [0.1, 0.15) is 53.9 Å². The SMILES string of the molecule is CCN1CCCC1CN(C)C(C)CC(C)(CO)NC(C)C. The summed E-state index contributed by atoms with van der Waals surface area (Å²) < 4.78 is 0. The predicted octanol–water partition coefficient (Wildman–Crippen LogP) is 1.93. The minimum atomic E-state index is -0.192. The molecule has 126 valence electrons. The summed E-state index contributed by atoms with van der Waals surface area (Å²) in [6.07, 6.45) is 3.63. The van der Waals surface area contributed by atoms with E-state index in [2.05, 4.69) is 56.8 Å². The van der Waals surface area contributed by atoms with Crippen LogP contribution >= 0.6 is 0 Å². The standard InChI is InChI=1S/C17H37N3O/c1-7-20-10-8-9-16(20)12-19(6)15(4)11-17(5,13-21)18-14(2)3/h14-16,18,21H,7-13H2,1-6H3. The highest BCUT2D eigenvalue weighted by Gasteiger charge is 2.30. The topological polar surface area (TPSA) is 38.7 Å². The molecule has 0 saturated carbocycles. The molecule has 1 saturated heterocycles. The first-order valence-corrected chi connectivity index (χ1v) is 8.64. The average molecular weight is 300 g/mol. The van der Waals surface area contributed by atoms with Crippen molar-refractivity contribution in [3.05, 3.63) is 0 Å². The van der Waals surface area contributed by atoms with Crippen LogP contribution in [0.4, 0.5) is 0 Å². The molecular formula is C17H37N3O. The molecule has 21 heavy (non-hydrogen) atoms. The monoisotopic (exact) mass is 299 g/mol. The minimum Gasteiger partial charge on any atom is -0.394 e. The van der Waals surface area contributed by atoms with Crippen LogP contribution in [-0.2, 0) is 0 Å². The molecule has 0 aromatic carbocycles. The molecule has 0 amide bonds. The Morgan fingerprint density at radius 2 is 2.05 bits per heavy atom. The molecule has 4 heteroatoms. The van der Waals surface area contributed by atoms with Crippen LogP contribution in [0, 0.1) is 0 Å². The molecule has 0 aliphatic carbocycles. The lowest BCUT2D eigenvalue weighted by atomic mass is 9.92. The van der Waals surface area contributed by atoms with Crippen molar-refractivity contribution in [1.29, 1.82) is 0 Å². The van der Waals surface area contributed by atoms with Crippen molar-refractivity contribution >= 4 is 0 Å². The van der Waals surface area contributed by atoms with E-state index >= 15 is 0 Å². The first-order chi connectivity index (χ1) is 9.81. The van der Waals surface area contributed by atoms with E-state index in [0.717, 1.165) is 19.5 Å². The summed E-state index contributed by atoms with van der Waals surface area (Å²) in [5.74, 6) is 0. The smallest absolute Gasteiger partial charge is 0.0611 e. The highest BCUT2D eigenvalue weighted by molar-refractivity contribution is 4.89. The van der Waals surface area contributed by atoms with E-state index in [1.54, 1.807) is 0 Å². The summed E-state index contributed by atoms with van der Waals surface area (Å²) in [5, 5.41) is 13.3. The fourth-order valence-electron chi connectivity index (χ4n) is 3.70. The lowest BCUT2D eigenvalue weighted by Gasteiger charge is -2.38. The molecule has 0 radical (unpaired) electrons. The van der Waals surface area contributed by atoms with Gasteiger partial charge in [0.05, 0.1) is 6.61 Å². The van der Waals surface area contributed by atoms with Gasteiger partial charge in [0.1, 0.15) is 0 Å². The lowest BCUT2D eigenvalue weighted by molar-refractivity contribution is 0.106. The van der Waals surface area contributed by atoms with Crippen LogP contribution in [0.5, 0.6) is 0 Å². The number of aliphatic hydroxyl groups is 1. The molecule has 0 aromatic rings. The van der Waals surface area contributed by atoms with E-state index in [4.69, 9.17) is 0 Å². The van der Waals surface area contributed by atoms with Crippen LogP contribution in [0.25, 0.3) is 0 Å². The van der Waals surface area contributed by atoms with E-state index in [9.17, 15) is 5.11 Å². The molecule has 1 aliphatic heterocycles. The number of aliphatic hydroxyl groups excluding tert-OH is 1. The second kappa shape index (κ2) is 8.47. The van der Waals surface area contributed by atoms with E-state index in [1.807, 2.05) is 0 Å². The van der Waals surface area contributed by atoms with Crippen molar-refractivity contribution in [2.75, 3.05) is 33.3 Å². The zero-order chi connectivity index (χ0) is 16.0. The van der Waals surface area contributed by atoms with Gasteiger partial charge in [-0.25, -0.2) is 0 Å². The van der Waals surface area contributed by atoms with Gasteiger partial charge in [0, 0.05) is 30.2 Å². The van der Waals surface area contributed by atoms with Crippen LogP contribution in [0.3, 0.4) is 0 Å². The van der Waals surface area contributed by atoms with Gasteiger partial charge in [0.15, 0.2) is 0 Å². The van der Waals surface area contributed by atoms with E-state index in [-0.39, 0.29) is 12.1 Å². The molecular weight excluding hydrogens is 262 g/mol. The third-order valence-electron chi connectivity index (χ3n) is 4.89. The van der Waals surface area contributed by atoms with E-state index < -0.39 is 0 Å². The molecule has 3 unspecified atom stereocenters. The van der Waals surface area contributed by atoms with E-state index in [1.165, 1.54) is 19.4 Å². The molecule has 3 atom stereocenters. The highest BCUT2D eigenvalue weighted by atomic mass is 16.3. The number of hydrogen-bond donors (Lipinski definition) is 2. The molecule has 0 bridgehead atoms. The van der Waals surface area contributed by atoms with Gasteiger partial charge in [-0.05, 0) is 53.2 Å². The number of likely N-dealkylation sites (tertiary alicyclic amines) is 1. The zero-order valence-corrected chi connectivity index (χ0v) is 15.0. The number of rotatable bonds is 9. The van der Waals surface area contributed by atoms with Crippen molar-refractivity contribution in [3.63, 3.8) is 0 Å². The Labute approximate surface area is 131 Å². The van der Waals surface area contributed by atoms with Gasteiger partial charge < -0.3 is 15.3 Å². The summed E-state index contributed by atoms with van der Waals surface area (Å²) in [6.45, 7) is 14.7. The largest absolute Gasteiger partial charge is 0.394 e. The molecule has 1 rings (SSSR count). The predicted molar refractivity (Wildman–Crippen MR) is 90.7 cm³/mol. The fraction of sp³-hybridized carbons (Fsp3) is 1.00. The van der Waals surface area contributed by atoms with Crippen molar-refractivity contribution in [1.82, 2.24) is 15.1 Å². The zero-order valence-electron chi connectivity index (χ0n) is 15.0. The van der Waals surface area contributed by atoms with Crippen LogP contribution in [0.15, 0.2) is 0 Å². The Hall–Kier alpha value is -0.160. The first-order valence-electron chi connectivity index (χ1n) is 8.64. The quantitative estimate of drug-likeness (QED) is 0.682. The maximum atomic E-state index is 9.74. The molecule has 0 spiro atoms. The third-order valence-corrected chi connectivity index (χ3v) is 4.89. The second-order valence-corrected chi connectivity index (χ2v) is 7.44. The minimum absolute atomic E-state index is 0.188. The summed E-state index contributed by atoms with van der Waals surface area (Å²) in [6, 6.07) is 1.57. The molecule has 1 aliphatic rings. The van der Waals surface area contributed by atoms with Crippen molar-refractivity contribution in [3.8, 4) is 0 Å². The number of hydrogen-bond acceptors (Lipinski definition) is 4. The molecule has 4 nitrogen and oxygen atoms in total. The average Bonchev–Trinajstić information content (AvgIpc) is 2.84. The second-order valence-electron chi connectivity index (χ2n) is 7.44. The van der Waals surface area contributed by atoms with Gasteiger partial charge in [-0.2, -0.15) is 0 Å². The van der Waals surface area contributed by atoms with E-state index in [0.29, 0.717) is 18.1 Å². The van der Waals surface area contributed by atoms with Gasteiger partial charge in [-0.1, -0.05) is 20.8 Å². The Morgan fingerprint density at radius 1 is 1.38 bits per heavy atom. The molecule has 0 aromatic heterocycles. The van der Waals surface area contributed by atoms with Gasteiger partial charge in [-0.15, -0.1) is 0 Å². The number of nitrogens with one attached hydrogen (secondary N) is 1. The van der Waals surface area contributed by atoms with Crippen LogP contribution in [0.2, 0.25) is 0 Å². The van der Waals surface area contributed by atoms with Crippen molar-refractivity contribution < 1.29 is 5.11 Å². The van der Waals surface area contributed by atoms with Gasteiger partial charge >= 0.3 is 0 Å².